The molecule has 0 atom stereocenters. The molecule has 30 heavy (non-hydrogen) atoms. The second-order valence-corrected chi connectivity index (χ2v) is 7.51. The molecule has 0 radical (unpaired) electrons. The highest BCUT2D eigenvalue weighted by Crippen LogP contribution is 2.36. The van der Waals surface area contributed by atoms with Gasteiger partial charge in [-0.3, -0.25) is 0 Å². The standard InChI is InChI=1S/C28H18N2/c1-2-8-19(9-3-1)21-17-29-28(30-18-21)20-14-15-26-24-12-5-4-10-22(24)23-11-6-7-13-25(23)27(26)16-20/h1-18H. The molecule has 0 bridgehead atoms. The van der Waals surface area contributed by atoms with Crippen LogP contribution in [0.2, 0.25) is 0 Å². The summed E-state index contributed by atoms with van der Waals surface area (Å²) in [6.45, 7) is 0. The van der Waals surface area contributed by atoms with E-state index in [1.807, 2.05) is 30.6 Å². The van der Waals surface area contributed by atoms with Gasteiger partial charge in [0.05, 0.1) is 0 Å². The fourth-order valence-electron chi connectivity index (χ4n) is 4.30. The number of hydrogen-bond acceptors (Lipinski definition) is 2. The summed E-state index contributed by atoms with van der Waals surface area (Å²) in [5.41, 5.74) is 3.18. The summed E-state index contributed by atoms with van der Waals surface area (Å²) in [7, 11) is 0. The number of hydrogen-bond donors (Lipinski definition) is 0. The Morgan fingerprint density at radius 2 is 0.867 bits per heavy atom. The molecular weight excluding hydrogens is 364 g/mol. The Bertz CT molecular complexity index is 1480. The van der Waals surface area contributed by atoms with Crippen LogP contribution in [-0.4, -0.2) is 9.97 Å². The molecule has 5 aromatic carbocycles. The number of fused-ring (bicyclic) bond motifs is 6. The molecule has 140 valence electrons. The van der Waals surface area contributed by atoms with Gasteiger partial charge in [-0.25, -0.2) is 9.97 Å². The third kappa shape index (κ3) is 2.66. The highest BCUT2D eigenvalue weighted by atomic mass is 14.9. The van der Waals surface area contributed by atoms with Gasteiger partial charge in [-0.2, -0.15) is 0 Å². The van der Waals surface area contributed by atoms with Gasteiger partial charge in [0, 0.05) is 23.5 Å². The maximum Gasteiger partial charge on any atom is 0.159 e. The second-order valence-electron chi connectivity index (χ2n) is 7.51. The van der Waals surface area contributed by atoms with Crippen molar-refractivity contribution in [2.75, 3.05) is 0 Å². The summed E-state index contributed by atoms with van der Waals surface area (Å²) >= 11 is 0. The first-order valence-corrected chi connectivity index (χ1v) is 10.1. The Morgan fingerprint density at radius 3 is 1.47 bits per heavy atom. The van der Waals surface area contributed by atoms with Crippen LogP contribution in [0.15, 0.2) is 109 Å². The Labute approximate surface area is 174 Å². The van der Waals surface area contributed by atoms with E-state index in [1.165, 1.54) is 32.3 Å². The van der Waals surface area contributed by atoms with Gasteiger partial charge in [0.2, 0.25) is 0 Å². The molecule has 0 spiro atoms. The van der Waals surface area contributed by atoms with Crippen LogP contribution in [0.3, 0.4) is 0 Å². The first-order chi connectivity index (χ1) is 14.9. The minimum absolute atomic E-state index is 0.744. The van der Waals surface area contributed by atoms with Gasteiger partial charge in [-0.05, 0) is 43.9 Å². The van der Waals surface area contributed by atoms with Crippen molar-refractivity contribution in [3.63, 3.8) is 0 Å². The van der Waals surface area contributed by atoms with E-state index in [-0.39, 0.29) is 0 Å². The summed E-state index contributed by atoms with van der Waals surface area (Å²) in [5.74, 6) is 0.744. The quantitative estimate of drug-likeness (QED) is 0.294. The molecule has 0 saturated carbocycles. The van der Waals surface area contributed by atoms with E-state index in [0.29, 0.717) is 0 Å². The Morgan fingerprint density at radius 1 is 0.367 bits per heavy atom. The molecule has 0 aliphatic carbocycles. The Kier molecular flexibility index (Phi) is 3.82. The molecule has 0 saturated heterocycles. The summed E-state index contributed by atoms with van der Waals surface area (Å²) in [6, 6.07) is 34.0. The zero-order valence-electron chi connectivity index (χ0n) is 16.3. The van der Waals surface area contributed by atoms with Crippen molar-refractivity contribution in [2.45, 2.75) is 0 Å². The fraction of sp³-hybridized carbons (Fsp3) is 0. The van der Waals surface area contributed by atoms with E-state index < -0.39 is 0 Å². The van der Waals surface area contributed by atoms with Crippen LogP contribution >= 0.6 is 0 Å². The van der Waals surface area contributed by atoms with Gasteiger partial charge in [0.15, 0.2) is 5.82 Å². The predicted octanol–water partition coefficient (Wildman–Crippen LogP) is 7.27. The first kappa shape index (κ1) is 16.9. The highest BCUT2D eigenvalue weighted by molar-refractivity contribution is 6.25. The predicted molar refractivity (Wildman–Crippen MR) is 125 cm³/mol. The third-order valence-electron chi connectivity index (χ3n) is 5.76. The van der Waals surface area contributed by atoms with E-state index >= 15 is 0 Å². The third-order valence-corrected chi connectivity index (χ3v) is 5.76. The van der Waals surface area contributed by atoms with Crippen molar-refractivity contribution in [3.05, 3.63) is 109 Å². The zero-order valence-corrected chi connectivity index (χ0v) is 16.3. The van der Waals surface area contributed by atoms with E-state index in [2.05, 4.69) is 88.8 Å². The normalized spacial score (nSPS) is 11.3. The molecule has 1 heterocycles. The van der Waals surface area contributed by atoms with Gasteiger partial charge < -0.3 is 0 Å². The Balaban J connectivity index is 1.55. The molecule has 6 aromatic rings. The number of benzene rings is 5. The van der Waals surface area contributed by atoms with Gasteiger partial charge >= 0.3 is 0 Å². The smallest absolute Gasteiger partial charge is 0.159 e. The van der Waals surface area contributed by atoms with Gasteiger partial charge in [0.1, 0.15) is 0 Å². The van der Waals surface area contributed by atoms with Crippen molar-refractivity contribution in [3.8, 4) is 22.5 Å². The van der Waals surface area contributed by atoms with E-state index in [1.54, 1.807) is 0 Å². The fourth-order valence-corrected chi connectivity index (χ4v) is 4.30. The molecule has 2 nitrogen and oxygen atoms in total. The van der Waals surface area contributed by atoms with Crippen LogP contribution in [-0.2, 0) is 0 Å². The molecule has 6 rings (SSSR count). The van der Waals surface area contributed by atoms with Crippen LogP contribution in [0, 0.1) is 0 Å². The molecule has 0 unspecified atom stereocenters. The van der Waals surface area contributed by atoms with Crippen LogP contribution < -0.4 is 0 Å². The number of nitrogens with zero attached hydrogens (tertiary/aromatic N) is 2. The van der Waals surface area contributed by atoms with Crippen molar-refractivity contribution in [2.24, 2.45) is 0 Å². The second kappa shape index (κ2) is 6.78. The molecule has 1 aromatic heterocycles. The molecule has 0 aliphatic rings. The zero-order chi connectivity index (χ0) is 19.9. The topological polar surface area (TPSA) is 25.8 Å². The number of rotatable bonds is 2. The maximum atomic E-state index is 4.66. The molecular formula is C28H18N2. The first-order valence-electron chi connectivity index (χ1n) is 10.1. The van der Waals surface area contributed by atoms with E-state index in [0.717, 1.165) is 22.5 Å². The van der Waals surface area contributed by atoms with Crippen molar-refractivity contribution >= 4 is 32.3 Å². The number of aromatic nitrogens is 2. The SMILES string of the molecule is c1ccc(-c2cnc(-c3ccc4c5ccccc5c5ccccc5c4c3)nc2)cc1. The maximum absolute atomic E-state index is 4.66. The lowest BCUT2D eigenvalue weighted by Gasteiger charge is -2.11. The molecule has 0 aliphatic heterocycles. The van der Waals surface area contributed by atoms with Gasteiger partial charge in [0.25, 0.3) is 0 Å². The minimum atomic E-state index is 0.744. The van der Waals surface area contributed by atoms with Crippen LogP contribution in [0.5, 0.6) is 0 Å². The van der Waals surface area contributed by atoms with Gasteiger partial charge in [-0.1, -0.05) is 91.0 Å². The molecule has 0 fully saturated rings. The summed E-state index contributed by atoms with van der Waals surface area (Å²) in [5, 5.41) is 7.59. The lowest BCUT2D eigenvalue weighted by molar-refractivity contribution is 1.18. The monoisotopic (exact) mass is 382 g/mol. The summed E-state index contributed by atoms with van der Waals surface area (Å²) in [6.07, 6.45) is 3.81. The molecule has 0 amide bonds. The van der Waals surface area contributed by atoms with E-state index in [9.17, 15) is 0 Å². The van der Waals surface area contributed by atoms with E-state index in [4.69, 9.17) is 0 Å². The van der Waals surface area contributed by atoms with Crippen molar-refractivity contribution < 1.29 is 0 Å². The van der Waals surface area contributed by atoms with Crippen LogP contribution in [0.4, 0.5) is 0 Å². The summed E-state index contributed by atoms with van der Waals surface area (Å²) in [4.78, 5) is 9.33. The van der Waals surface area contributed by atoms with Crippen LogP contribution in [0.1, 0.15) is 0 Å². The lowest BCUT2D eigenvalue weighted by Crippen LogP contribution is -1.91. The highest BCUT2D eigenvalue weighted by Gasteiger charge is 2.10. The molecule has 2 heteroatoms. The van der Waals surface area contributed by atoms with Gasteiger partial charge in [-0.15, -0.1) is 0 Å². The average Bonchev–Trinajstić information content (AvgIpc) is 2.84. The largest absolute Gasteiger partial charge is 0.236 e. The van der Waals surface area contributed by atoms with Crippen LogP contribution in [0.25, 0.3) is 54.8 Å². The van der Waals surface area contributed by atoms with Crippen molar-refractivity contribution in [1.82, 2.24) is 9.97 Å². The Hall–Kier alpha value is -4.04. The lowest BCUT2D eigenvalue weighted by atomic mass is 9.93. The summed E-state index contributed by atoms with van der Waals surface area (Å²) < 4.78 is 0. The molecule has 0 N–H and O–H groups in total. The van der Waals surface area contributed by atoms with Crippen molar-refractivity contribution in [1.29, 1.82) is 0 Å². The minimum Gasteiger partial charge on any atom is -0.236 e. The average molecular weight is 382 g/mol.